The van der Waals surface area contributed by atoms with Crippen LogP contribution in [0.5, 0.6) is 11.5 Å². The number of benzene rings is 2. The zero-order valence-electron chi connectivity index (χ0n) is 12.7. The van der Waals surface area contributed by atoms with Crippen LogP contribution < -0.4 is 10.5 Å². The number of morpholine rings is 1. The first kappa shape index (κ1) is 15.0. The lowest BCUT2D eigenvalue weighted by Crippen LogP contribution is -2.41. The molecule has 1 aliphatic heterocycles. The fourth-order valence-electron chi connectivity index (χ4n) is 2.77. The van der Waals surface area contributed by atoms with Crippen LogP contribution in [0.1, 0.15) is 11.6 Å². The van der Waals surface area contributed by atoms with Crippen LogP contribution in [0.25, 0.3) is 0 Å². The normalized spacial score (nSPS) is 17.1. The molecule has 0 bridgehead atoms. The van der Waals surface area contributed by atoms with E-state index in [9.17, 15) is 0 Å². The number of hydrogen-bond acceptors (Lipinski definition) is 4. The molecule has 4 nitrogen and oxygen atoms in total. The van der Waals surface area contributed by atoms with Gasteiger partial charge in [0.25, 0.3) is 0 Å². The third-order valence-electron chi connectivity index (χ3n) is 3.95. The van der Waals surface area contributed by atoms with Gasteiger partial charge in [-0.3, -0.25) is 4.90 Å². The number of ether oxygens (including phenoxy) is 2. The van der Waals surface area contributed by atoms with Crippen LogP contribution in [0.2, 0.25) is 0 Å². The maximum absolute atomic E-state index is 5.98. The molecule has 2 aromatic carbocycles. The molecule has 1 atom stereocenters. The van der Waals surface area contributed by atoms with E-state index in [0.717, 1.165) is 37.8 Å². The third-order valence-corrected chi connectivity index (χ3v) is 3.95. The molecule has 0 amide bonds. The van der Waals surface area contributed by atoms with Gasteiger partial charge in [-0.2, -0.15) is 0 Å². The minimum atomic E-state index is 0.245. The smallest absolute Gasteiger partial charge is 0.127 e. The second-order valence-electron chi connectivity index (χ2n) is 5.38. The molecule has 2 aromatic rings. The van der Waals surface area contributed by atoms with Gasteiger partial charge in [0, 0.05) is 25.7 Å². The van der Waals surface area contributed by atoms with Crippen molar-refractivity contribution in [3.8, 4) is 11.5 Å². The van der Waals surface area contributed by atoms with Gasteiger partial charge in [-0.05, 0) is 29.8 Å². The SMILES string of the molecule is NCC(c1ccc(Oc2ccccc2)cc1)N1CCOCC1. The lowest BCUT2D eigenvalue weighted by molar-refractivity contribution is 0.0179. The van der Waals surface area contributed by atoms with Crippen LogP contribution in [-0.2, 0) is 4.74 Å². The fourth-order valence-corrected chi connectivity index (χ4v) is 2.77. The number of hydrogen-bond donors (Lipinski definition) is 1. The first-order valence-electron chi connectivity index (χ1n) is 7.71. The van der Waals surface area contributed by atoms with Crippen LogP contribution >= 0.6 is 0 Å². The highest BCUT2D eigenvalue weighted by Crippen LogP contribution is 2.25. The summed E-state index contributed by atoms with van der Waals surface area (Å²) in [6.45, 7) is 4.05. The summed E-state index contributed by atoms with van der Waals surface area (Å²) in [4.78, 5) is 2.39. The van der Waals surface area contributed by atoms with Crippen LogP contribution in [0, 0.1) is 0 Å². The Kier molecular flexibility index (Phi) is 5.06. The molecule has 0 spiro atoms. The molecule has 116 valence electrons. The van der Waals surface area contributed by atoms with E-state index in [1.807, 2.05) is 42.5 Å². The number of rotatable bonds is 5. The number of para-hydroxylation sites is 1. The largest absolute Gasteiger partial charge is 0.457 e. The number of nitrogens with zero attached hydrogens (tertiary/aromatic N) is 1. The number of nitrogens with two attached hydrogens (primary N) is 1. The molecule has 0 aromatic heterocycles. The van der Waals surface area contributed by atoms with Crippen LogP contribution in [0.4, 0.5) is 0 Å². The second-order valence-corrected chi connectivity index (χ2v) is 5.38. The lowest BCUT2D eigenvalue weighted by Gasteiger charge is -2.34. The predicted octanol–water partition coefficient (Wildman–Crippen LogP) is 2.81. The minimum Gasteiger partial charge on any atom is -0.457 e. The monoisotopic (exact) mass is 298 g/mol. The summed E-state index contributed by atoms with van der Waals surface area (Å²) >= 11 is 0. The summed E-state index contributed by atoms with van der Waals surface area (Å²) in [6, 6.07) is 18.3. The van der Waals surface area contributed by atoms with Gasteiger partial charge in [-0.15, -0.1) is 0 Å². The first-order valence-corrected chi connectivity index (χ1v) is 7.71. The van der Waals surface area contributed by atoms with Crippen molar-refractivity contribution in [2.24, 2.45) is 5.73 Å². The van der Waals surface area contributed by atoms with E-state index < -0.39 is 0 Å². The Morgan fingerprint density at radius 3 is 2.23 bits per heavy atom. The Bertz CT molecular complexity index is 565. The summed E-state index contributed by atoms with van der Waals surface area (Å²) in [5.41, 5.74) is 7.21. The Labute approximate surface area is 131 Å². The molecule has 1 fully saturated rings. The Hall–Kier alpha value is -1.88. The summed E-state index contributed by atoms with van der Waals surface area (Å²) in [7, 11) is 0. The van der Waals surface area contributed by atoms with E-state index in [2.05, 4.69) is 17.0 Å². The molecule has 22 heavy (non-hydrogen) atoms. The highest BCUT2D eigenvalue weighted by Gasteiger charge is 2.21. The first-order chi connectivity index (χ1) is 10.9. The molecular formula is C18H22N2O2. The van der Waals surface area contributed by atoms with Gasteiger partial charge in [-0.25, -0.2) is 0 Å². The molecule has 4 heteroatoms. The zero-order chi connectivity index (χ0) is 15.2. The summed E-state index contributed by atoms with van der Waals surface area (Å²) in [5.74, 6) is 1.69. The van der Waals surface area contributed by atoms with Crippen molar-refractivity contribution < 1.29 is 9.47 Å². The van der Waals surface area contributed by atoms with Crippen molar-refractivity contribution in [3.63, 3.8) is 0 Å². The van der Waals surface area contributed by atoms with Gasteiger partial charge in [0.1, 0.15) is 11.5 Å². The maximum atomic E-state index is 5.98. The van der Waals surface area contributed by atoms with Gasteiger partial charge in [0.2, 0.25) is 0 Å². The van der Waals surface area contributed by atoms with Crippen molar-refractivity contribution in [2.75, 3.05) is 32.8 Å². The fraction of sp³-hybridized carbons (Fsp3) is 0.333. The van der Waals surface area contributed by atoms with Crippen molar-refractivity contribution >= 4 is 0 Å². The van der Waals surface area contributed by atoms with E-state index in [1.54, 1.807) is 0 Å². The van der Waals surface area contributed by atoms with Crippen LogP contribution in [0.3, 0.4) is 0 Å². The molecule has 1 aliphatic rings. The molecule has 1 unspecified atom stereocenters. The standard InChI is InChI=1S/C18H22N2O2/c19-14-18(20-10-12-21-13-11-20)15-6-8-17(9-7-15)22-16-4-2-1-3-5-16/h1-9,18H,10-14,19H2. The van der Waals surface area contributed by atoms with Crippen LogP contribution in [-0.4, -0.2) is 37.7 Å². The van der Waals surface area contributed by atoms with Gasteiger partial charge in [0.15, 0.2) is 0 Å². The molecule has 0 radical (unpaired) electrons. The maximum Gasteiger partial charge on any atom is 0.127 e. The van der Waals surface area contributed by atoms with Gasteiger partial charge < -0.3 is 15.2 Å². The van der Waals surface area contributed by atoms with Gasteiger partial charge in [-0.1, -0.05) is 30.3 Å². The summed E-state index contributed by atoms with van der Waals surface area (Å²) in [6.07, 6.45) is 0. The van der Waals surface area contributed by atoms with E-state index in [1.165, 1.54) is 5.56 Å². The van der Waals surface area contributed by atoms with Gasteiger partial charge >= 0.3 is 0 Å². The Balaban J connectivity index is 1.69. The van der Waals surface area contributed by atoms with E-state index in [4.69, 9.17) is 15.2 Å². The van der Waals surface area contributed by atoms with Crippen molar-refractivity contribution in [1.29, 1.82) is 0 Å². The zero-order valence-corrected chi connectivity index (χ0v) is 12.7. The minimum absolute atomic E-state index is 0.245. The molecular weight excluding hydrogens is 276 g/mol. The topological polar surface area (TPSA) is 47.7 Å². The third kappa shape index (κ3) is 3.65. The average molecular weight is 298 g/mol. The molecule has 2 N–H and O–H groups in total. The van der Waals surface area contributed by atoms with Gasteiger partial charge in [0.05, 0.1) is 13.2 Å². The van der Waals surface area contributed by atoms with E-state index in [0.29, 0.717) is 6.54 Å². The second kappa shape index (κ2) is 7.40. The van der Waals surface area contributed by atoms with Crippen molar-refractivity contribution in [3.05, 3.63) is 60.2 Å². The summed E-state index contributed by atoms with van der Waals surface area (Å²) < 4.78 is 11.2. The summed E-state index contributed by atoms with van der Waals surface area (Å²) in [5, 5.41) is 0. The van der Waals surface area contributed by atoms with Crippen molar-refractivity contribution in [1.82, 2.24) is 4.90 Å². The molecule has 0 saturated carbocycles. The van der Waals surface area contributed by atoms with Crippen molar-refractivity contribution in [2.45, 2.75) is 6.04 Å². The molecule has 1 saturated heterocycles. The van der Waals surface area contributed by atoms with E-state index in [-0.39, 0.29) is 6.04 Å². The average Bonchev–Trinajstić information content (AvgIpc) is 2.59. The Morgan fingerprint density at radius 1 is 0.955 bits per heavy atom. The lowest BCUT2D eigenvalue weighted by atomic mass is 10.0. The highest BCUT2D eigenvalue weighted by atomic mass is 16.5. The predicted molar refractivity (Wildman–Crippen MR) is 87.1 cm³/mol. The Morgan fingerprint density at radius 2 is 1.59 bits per heavy atom. The highest BCUT2D eigenvalue weighted by molar-refractivity contribution is 5.34. The molecule has 3 rings (SSSR count). The quantitative estimate of drug-likeness (QED) is 0.922. The molecule has 1 heterocycles. The van der Waals surface area contributed by atoms with E-state index >= 15 is 0 Å². The van der Waals surface area contributed by atoms with Crippen LogP contribution in [0.15, 0.2) is 54.6 Å². The molecule has 0 aliphatic carbocycles.